The van der Waals surface area contributed by atoms with E-state index in [9.17, 15) is 14.9 Å². The molecule has 8 heteroatoms. The number of nitrogens with zero attached hydrogens (tertiary/aromatic N) is 4. The van der Waals surface area contributed by atoms with Crippen LogP contribution in [-0.2, 0) is 0 Å². The summed E-state index contributed by atoms with van der Waals surface area (Å²) in [7, 11) is 0. The molecule has 0 bridgehead atoms. The monoisotopic (exact) mass is 423 g/mol. The largest absolute Gasteiger partial charge is 0.371 e. The lowest BCUT2D eigenvalue weighted by atomic mass is 10.1. The van der Waals surface area contributed by atoms with Crippen LogP contribution in [0.2, 0.25) is 0 Å². The van der Waals surface area contributed by atoms with E-state index in [1.807, 2.05) is 30.0 Å². The molecule has 2 aliphatic rings. The summed E-state index contributed by atoms with van der Waals surface area (Å²) < 4.78 is 0. The molecule has 2 saturated heterocycles. The Morgan fingerprint density at radius 2 is 2.03 bits per heavy atom. The van der Waals surface area contributed by atoms with E-state index in [1.54, 1.807) is 18.3 Å². The molecule has 31 heavy (non-hydrogen) atoms. The van der Waals surface area contributed by atoms with Crippen molar-refractivity contribution in [2.24, 2.45) is 0 Å². The Labute approximate surface area is 182 Å². The van der Waals surface area contributed by atoms with Crippen LogP contribution in [-0.4, -0.2) is 57.8 Å². The third-order valence-electron chi connectivity index (χ3n) is 6.25. The molecule has 2 unspecified atom stereocenters. The second-order valence-corrected chi connectivity index (χ2v) is 8.41. The number of hydrogen-bond donors (Lipinski definition) is 1. The number of aromatic nitrogens is 1. The Morgan fingerprint density at radius 3 is 2.74 bits per heavy atom. The number of carbonyl (C=O) groups excluding carboxylic acids is 1. The van der Waals surface area contributed by atoms with Crippen molar-refractivity contribution in [3.63, 3.8) is 0 Å². The van der Waals surface area contributed by atoms with E-state index in [-0.39, 0.29) is 23.7 Å². The van der Waals surface area contributed by atoms with Crippen molar-refractivity contribution >= 4 is 17.3 Å². The zero-order valence-electron chi connectivity index (χ0n) is 17.9. The van der Waals surface area contributed by atoms with Crippen LogP contribution in [0.1, 0.15) is 54.7 Å². The third-order valence-corrected chi connectivity index (χ3v) is 6.25. The standard InChI is InChI=1S/C23H29N5O3/c1-17(20-8-2-3-11-24-20)25-21-10-9-18(15-22(21)28(30)31)23(29)27-14-6-7-19(27)16-26-12-4-5-13-26/h2-3,8-11,15,17,19,25H,4-7,12-14,16H2,1H3. The van der Waals surface area contributed by atoms with E-state index in [4.69, 9.17) is 0 Å². The Bertz CT molecular complexity index is 930. The average Bonchev–Trinajstić information content (AvgIpc) is 3.46. The maximum atomic E-state index is 13.2. The minimum atomic E-state index is -0.435. The van der Waals surface area contributed by atoms with Gasteiger partial charge < -0.3 is 15.1 Å². The van der Waals surface area contributed by atoms with E-state index >= 15 is 0 Å². The average molecular weight is 424 g/mol. The number of nitro benzene ring substituents is 1. The van der Waals surface area contributed by atoms with E-state index in [2.05, 4.69) is 15.2 Å². The van der Waals surface area contributed by atoms with Gasteiger partial charge >= 0.3 is 0 Å². The van der Waals surface area contributed by atoms with Crippen LogP contribution in [0.4, 0.5) is 11.4 Å². The highest BCUT2D eigenvalue weighted by Gasteiger charge is 2.32. The van der Waals surface area contributed by atoms with Gasteiger partial charge in [-0.25, -0.2) is 0 Å². The second-order valence-electron chi connectivity index (χ2n) is 8.41. The molecule has 2 aliphatic heterocycles. The zero-order chi connectivity index (χ0) is 21.8. The van der Waals surface area contributed by atoms with Gasteiger partial charge in [0.25, 0.3) is 11.6 Å². The molecule has 1 N–H and O–H groups in total. The lowest BCUT2D eigenvalue weighted by Gasteiger charge is -2.28. The van der Waals surface area contributed by atoms with Crippen molar-refractivity contribution in [2.45, 2.75) is 44.7 Å². The first-order valence-corrected chi connectivity index (χ1v) is 11.0. The minimum absolute atomic E-state index is 0.0936. The number of amides is 1. The molecule has 0 spiro atoms. The highest BCUT2D eigenvalue weighted by atomic mass is 16.6. The molecule has 0 radical (unpaired) electrons. The second kappa shape index (κ2) is 9.43. The summed E-state index contributed by atoms with van der Waals surface area (Å²) in [4.78, 5) is 33.2. The first-order valence-electron chi connectivity index (χ1n) is 11.0. The zero-order valence-corrected chi connectivity index (χ0v) is 17.9. The molecule has 1 aromatic carbocycles. The fraction of sp³-hybridized carbons (Fsp3) is 0.478. The summed E-state index contributed by atoms with van der Waals surface area (Å²) in [5.41, 5.74) is 1.45. The van der Waals surface area contributed by atoms with Crippen molar-refractivity contribution in [2.75, 3.05) is 31.5 Å². The highest BCUT2D eigenvalue weighted by molar-refractivity contribution is 5.96. The predicted octanol–water partition coefficient (Wildman–Crippen LogP) is 3.86. The fourth-order valence-corrected chi connectivity index (χ4v) is 4.60. The first kappa shape index (κ1) is 21.2. The molecule has 1 aromatic heterocycles. The van der Waals surface area contributed by atoms with Gasteiger partial charge in [0.15, 0.2) is 0 Å². The van der Waals surface area contributed by atoms with Gasteiger partial charge in [-0.1, -0.05) is 6.07 Å². The minimum Gasteiger partial charge on any atom is -0.371 e. The van der Waals surface area contributed by atoms with Crippen molar-refractivity contribution in [1.82, 2.24) is 14.8 Å². The Kier molecular flexibility index (Phi) is 6.46. The smallest absolute Gasteiger partial charge is 0.293 e. The number of rotatable bonds is 7. The van der Waals surface area contributed by atoms with Gasteiger partial charge in [0, 0.05) is 37.0 Å². The number of hydrogen-bond acceptors (Lipinski definition) is 6. The van der Waals surface area contributed by atoms with Gasteiger partial charge in [0.1, 0.15) is 5.69 Å². The van der Waals surface area contributed by atoms with Crippen molar-refractivity contribution in [1.29, 1.82) is 0 Å². The van der Waals surface area contributed by atoms with Crippen LogP contribution in [0.5, 0.6) is 0 Å². The van der Waals surface area contributed by atoms with E-state index in [0.29, 0.717) is 17.8 Å². The Hall–Kier alpha value is -3.00. The molecule has 164 valence electrons. The molecular weight excluding hydrogens is 394 g/mol. The van der Waals surface area contributed by atoms with Gasteiger partial charge in [-0.2, -0.15) is 0 Å². The SMILES string of the molecule is CC(Nc1ccc(C(=O)N2CCCC2CN2CCCC2)cc1[N+](=O)[O-])c1ccccn1. The van der Waals surface area contributed by atoms with E-state index in [1.165, 1.54) is 18.9 Å². The summed E-state index contributed by atoms with van der Waals surface area (Å²) in [6.45, 7) is 5.70. The lowest BCUT2D eigenvalue weighted by Crippen LogP contribution is -2.42. The lowest BCUT2D eigenvalue weighted by molar-refractivity contribution is -0.384. The van der Waals surface area contributed by atoms with Crippen molar-refractivity contribution in [3.05, 3.63) is 64.0 Å². The van der Waals surface area contributed by atoms with Crippen LogP contribution in [0.3, 0.4) is 0 Å². The molecule has 2 fully saturated rings. The molecule has 0 aliphatic carbocycles. The van der Waals surface area contributed by atoms with Crippen LogP contribution in [0, 0.1) is 10.1 Å². The predicted molar refractivity (Wildman–Crippen MR) is 119 cm³/mol. The topological polar surface area (TPSA) is 91.6 Å². The summed E-state index contributed by atoms with van der Waals surface area (Å²) in [5.74, 6) is -0.117. The van der Waals surface area contributed by atoms with E-state index < -0.39 is 4.92 Å². The highest BCUT2D eigenvalue weighted by Crippen LogP contribution is 2.30. The molecule has 1 amide bonds. The van der Waals surface area contributed by atoms with Gasteiger partial charge in [-0.3, -0.25) is 19.9 Å². The molecule has 4 rings (SSSR count). The maximum Gasteiger partial charge on any atom is 0.293 e. The molecule has 3 heterocycles. The normalized spacial score (nSPS) is 20.0. The van der Waals surface area contributed by atoms with Crippen LogP contribution >= 0.6 is 0 Å². The summed E-state index contributed by atoms with van der Waals surface area (Å²) in [5, 5.41) is 14.9. The number of carbonyl (C=O) groups is 1. The van der Waals surface area contributed by atoms with E-state index in [0.717, 1.165) is 38.2 Å². The summed E-state index contributed by atoms with van der Waals surface area (Å²) >= 11 is 0. The van der Waals surface area contributed by atoms with Gasteiger partial charge in [0.2, 0.25) is 0 Å². The quantitative estimate of drug-likeness (QED) is 0.537. The van der Waals surface area contributed by atoms with Crippen LogP contribution in [0.15, 0.2) is 42.6 Å². The first-order chi connectivity index (χ1) is 15.0. The third kappa shape index (κ3) is 4.85. The molecule has 8 nitrogen and oxygen atoms in total. The van der Waals surface area contributed by atoms with Gasteiger partial charge in [0.05, 0.1) is 16.7 Å². The molecule has 2 aromatic rings. The fourth-order valence-electron chi connectivity index (χ4n) is 4.60. The summed E-state index contributed by atoms with van der Waals surface area (Å²) in [6, 6.07) is 10.3. The number of pyridine rings is 1. The number of benzene rings is 1. The Morgan fingerprint density at radius 1 is 1.23 bits per heavy atom. The van der Waals surface area contributed by atoms with Crippen LogP contribution < -0.4 is 5.32 Å². The molecule has 2 atom stereocenters. The summed E-state index contributed by atoms with van der Waals surface area (Å²) in [6.07, 6.45) is 6.11. The molecular formula is C23H29N5O3. The number of nitro groups is 1. The number of nitrogens with one attached hydrogen (secondary N) is 1. The Balaban J connectivity index is 1.51. The van der Waals surface area contributed by atoms with Crippen molar-refractivity contribution in [3.8, 4) is 0 Å². The van der Waals surface area contributed by atoms with Crippen molar-refractivity contribution < 1.29 is 9.72 Å². The number of anilines is 1. The van der Waals surface area contributed by atoms with Gasteiger partial charge in [-0.15, -0.1) is 0 Å². The van der Waals surface area contributed by atoms with Crippen LogP contribution in [0.25, 0.3) is 0 Å². The molecule has 0 saturated carbocycles. The van der Waals surface area contributed by atoms with Gasteiger partial charge in [-0.05, 0) is 70.0 Å². The maximum absolute atomic E-state index is 13.2. The number of likely N-dealkylation sites (tertiary alicyclic amines) is 2.